The molecular weight excluding hydrogens is 522 g/mol. The number of aromatic nitrogens is 1. The highest BCUT2D eigenvalue weighted by Crippen LogP contribution is 2.32. The summed E-state index contributed by atoms with van der Waals surface area (Å²) in [5, 5.41) is 0.579. The second-order valence-corrected chi connectivity index (χ2v) is 10.4. The number of rotatable bonds is 6. The predicted molar refractivity (Wildman–Crippen MR) is 150 cm³/mol. The van der Waals surface area contributed by atoms with Crippen LogP contribution < -0.4 is 19.8 Å². The van der Waals surface area contributed by atoms with Crippen LogP contribution in [0.1, 0.15) is 31.2 Å². The van der Waals surface area contributed by atoms with Gasteiger partial charge in [0.2, 0.25) is 0 Å². The Kier molecular flexibility index (Phi) is 7.10. The number of esters is 1. The Labute approximate surface area is 228 Å². The molecule has 0 saturated carbocycles. The van der Waals surface area contributed by atoms with Crippen molar-refractivity contribution in [3.8, 4) is 11.3 Å². The molecule has 1 unspecified atom stereocenters. The van der Waals surface area contributed by atoms with Crippen molar-refractivity contribution in [3.05, 3.63) is 108 Å². The number of halogens is 1. The Morgan fingerprint density at radius 3 is 2.58 bits per heavy atom. The van der Waals surface area contributed by atoms with Gasteiger partial charge in [-0.15, -0.1) is 0 Å². The molecular formula is C29H26ClN3O4S. The van der Waals surface area contributed by atoms with Gasteiger partial charge in [0.1, 0.15) is 11.5 Å². The van der Waals surface area contributed by atoms with Gasteiger partial charge in [0.25, 0.3) is 5.56 Å². The highest BCUT2D eigenvalue weighted by atomic mass is 35.5. The first kappa shape index (κ1) is 25.8. The molecule has 5 rings (SSSR count). The zero-order chi connectivity index (χ0) is 27.0. The summed E-state index contributed by atoms with van der Waals surface area (Å²) in [6.45, 7) is 3.75. The lowest BCUT2D eigenvalue weighted by molar-refractivity contribution is -0.139. The average molecular weight is 548 g/mol. The van der Waals surface area contributed by atoms with Crippen molar-refractivity contribution in [1.82, 2.24) is 4.57 Å². The van der Waals surface area contributed by atoms with Crippen LogP contribution in [-0.4, -0.2) is 31.2 Å². The van der Waals surface area contributed by atoms with E-state index in [0.29, 0.717) is 37.1 Å². The van der Waals surface area contributed by atoms with Crippen LogP contribution in [0.4, 0.5) is 5.69 Å². The van der Waals surface area contributed by atoms with Crippen LogP contribution in [-0.2, 0) is 9.53 Å². The number of thiazole rings is 1. The molecule has 2 aromatic carbocycles. The summed E-state index contributed by atoms with van der Waals surface area (Å²) in [6, 6.07) is 18.1. The molecule has 9 heteroatoms. The molecule has 0 bridgehead atoms. The number of furan rings is 1. The van der Waals surface area contributed by atoms with Gasteiger partial charge < -0.3 is 14.1 Å². The van der Waals surface area contributed by atoms with Crippen LogP contribution in [0.5, 0.6) is 0 Å². The average Bonchev–Trinajstić information content (AvgIpc) is 3.48. The number of allylic oxidation sites excluding steroid dienone is 1. The fourth-order valence-corrected chi connectivity index (χ4v) is 5.68. The second-order valence-electron chi connectivity index (χ2n) is 8.97. The molecule has 194 valence electrons. The maximum Gasteiger partial charge on any atom is 0.338 e. The summed E-state index contributed by atoms with van der Waals surface area (Å²) in [4.78, 5) is 34.0. The minimum Gasteiger partial charge on any atom is -0.463 e. The molecule has 4 aromatic rings. The molecule has 0 fully saturated rings. The van der Waals surface area contributed by atoms with Gasteiger partial charge in [-0.25, -0.2) is 9.79 Å². The normalized spacial score (nSPS) is 15.3. The molecule has 1 atom stereocenters. The Bertz CT molecular complexity index is 1730. The van der Waals surface area contributed by atoms with Gasteiger partial charge in [-0.05, 0) is 55.8 Å². The van der Waals surface area contributed by atoms with Gasteiger partial charge in [-0.2, -0.15) is 0 Å². The first-order chi connectivity index (χ1) is 18.3. The molecule has 38 heavy (non-hydrogen) atoms. The number of carbonyl (C=O) groups excluding carboxylic acids is 1. The fraction of sp³-hybridized carbons (Fsp3) is 0.207. The van der Waals surface area contributed by atoms with E-state index in [1.54, 1.807) is 36.6 Å². The molecule has 1 aliphatic rings. The number of hydrogen-bond donors (Lipinski definition) is 0. The highest BCUT2D eigenvalue weighted by Gasteiger charge is 2.33. The van der Waals surface area contributed by atoms with E-state index in [0.717, 1.165) is 16.8 Å². The lowest BCUT2D eigenvalue weighted by Gasteiger charge is -2.25. The third kappa shape index (κ3) is 4.73. The van der Waals surface area contributed by atoms with Crippen LogP contribution in [0.2, 0.25) is 5.02 Å². The largest absolute Gasteiger partial charge is 0.463 e. The van der Waals surface area contributed by atoms with Crippen LogP contribution in [0.25, 0.3) is 17.4 Å². The summed E-state index contributed by atoms with van der Waals surface area (Å²) in [7, 11) is 3.91. The number of nitrogens with zero attached hydrogens (tertiary/aromatic N) is 3. The predicted octanol–water partition coefficient (Wildman–Crippen LogP) is 4.78. The Hall–Kier alpha value is -3.88. The minimum atomic E-state index is -0.668. The van der Waals surface area contributed by atoms with Gasteiger partial charge >= 0.3 is 5.97 Å². The van der Waals surface area contributed by atoms with Crippen LogP contribution in [0, 0.1) is 0 Å². The summed E-state index contributed by atoms with van der Waals surface area (Å²) in [6.07, 6.45) is 1.69. The SMILES string of the molecule is CCOC(=O)C1=C(C)N=c2s/c(=C/c3ccc(-c4ccccc4Cl)o3)c(=O)n2C1c1ccc(N(C)C)cc1. The van der Waals surface area contributed by atoms with Crippen LogP contribution in [0.15, 0.2) is 86.1 Å². The molecule has 7 nitrogen and oxygen atoms in total. The van der Waals surface area contributed by atoms with E-state index >= 15 is 0 Å². The second kappa shape index (κ2) is 10.5. The Morgan fingerprint density at radius 2 is 1.89 bits per heavy atom. The lowest BCUT2D eigenvalue weighted by Crippen LogP contribution is -2.39. The van der Waals surface area contributed by atoms with Crippen molar-refractivity contribution in [2.24, 2.45) is 4.99 Å². The Balaban J connectivity index is 1.64. The van der Waals surface area contributed by atoms with Crippen LogP contribution >= 0.6 is 22.9 Å². The lowest BCUT2D eigenvalue weighted by atomic mass is 9.95. The molecule has 1 aliphatic heterocycles. The van der Waals surface area contributed by atoms with Crippen molar-refractivity contribution in [3.63, 3.8) is 0 Å². The molecule has 0 aliphatic carbocycles. The smallest absolute Gasteiger partial charge is 0.338 e. The van der Waals surface area contributed by atoms with Crippen molar-refractivity contribution in [2.45, 2.75) is 19.9 Å². The van der Waals surface area contributed by atoms with Crippen molar-refractivity contribution in [2.75, 3.05) is 25.6 Å². The van der Waals surface area contributed by atoms with E-state index in [1.807, 2.05) is 67.5 Å². The van der Waals surface area contributed by atoms with Crippen molar-refractivity contribution >= 4 is 40.7 Å². The summed E-state index contributed by atoms with van der Waals surface area (Å²) < 4.78 is 13.4. The van der Waals surface area contributed by atoms with E-state index in [9.17, 15) is 9.59 Å². The standard InChI is InChI=1S/C29H26ClN3O4S/c1-5-36-28(35)25-17(2)31-29-33(26(25)18-10-12-19(13-11-18)32(3)4)27(34)24(38-29)16-20-14-15-23(37-20)21-8-6-7-9-22(21)30/h6-16,26H,5H2,1-4H3/b24-16+. The number of benzene rings is 2. The van der Waals surface area contributed by atoms with E-state index in [2.05, 4.69) is 4.99 Å². The minimum absolute atomic E-state index is 0.221. The zero-order valence-electron chi connectivity index (χ0n) is 21.4. The van der Waals surface area contributed by atoms with E-state index in [4.69, 9.17) is 20.8 Å². The van der Waals surface area contributed by atoms with Crippen molar-refractivity contribution < 1.29 is 13.9 Å². The van der Waals surface area contributed by atoms with Gasteiger partial charge in [0.15, 0.2) is 4.80 Å². The van der Waals surface area contributed by atoms with Gasteiger partial charge in [0.05, 0.1) is 33.5 Å². The summed E-state index contributed by atoms with van der Waals surface area (Å²) in [5.74, 6) is 0.632. The molecule has 0 radical (unpaired) electrons. The highest BCUT2D eigenvalue weighted by molar-refractivity contribution is 7.07. The topological polar surface area (TPSA) is 77.0 Å². The number of fused-ring (bicyclic) bond motifs is 1. The first-order valence-corrected chi connectivity index (χ1v) is 13.3. The quantitative estimate of drug-likeness (QED) is 0.325. The Morgan fingerprint density at radius 1 is 1.16 bits per heavy atom. The third-order valence-corrected chi connectivity index (χ3v) is 7.59. The molecule has 0 spiro atoms. The molecule has 3 heterocycles. The van der Waals surface area contributed by atoms with Gasteiger partial charge in [-0.1, -0.05) is 47.2 Å². The zero-order valence-corrected chi connectivity index (χ0v) is 23.0. The molecule has 0 amide bonds. The number of anilines is 1. The fourth-order valence-electron chi connectivity index (χ4n) is 4.43. The van der Waals surface area contributed by atoms with Gasteiger partial charge in [0, 0.05) is 31.4 Å². The first-order valence-electron chi connectivity index (χ1n) is 12.1. The van der Waals surface area contributed by atoms with E-state index in [-0.39, 0.29) is 12.2 Å². The van der Waals surface area contributed by atoms with Crippen LogP contribution in [0.3, 0.4) is 0 Å². The summed E-state index contributed by atoms with van der Waals surface area (Å²) >= 11 is 7.57. The number of hydrogen-bond acceptors (Lipinski definition) is 7. The number of carbonyl (C=O) groups is 1. The maximum atomic E-state index is 13.8. The van der Waals surface area contributed by atoms with Crippen molar-refractivity contribution in [1.29, 1.82) is 0 Å². The molecule has 0 N–H and O–H groups in total. The summed E-state index contributed by atoms with van der Waals surface area (Å²) in [5.41, 5.74) is 3.18. The molecule has 0 saturated heterocycles. The third-order valence-electron chi connectivity index (χ3n) is 6.28. The number of ether oxygens (including phenoxy) is 1. The van der Waals surface area contributed by atoms with Gasteiger partial charge in [-0.3, -0.25) is 9.36 Å². The molecule has 2 aromatic heterocycles. The van der Waals surface area contributed by atoms with E-state index in [1.165, 1.54) is 11.3 Å². The monoisotopic (exact) mass is 547 g/mol. The maximum absolute atomic E-state index is 13.8. The van der Waals surface area contributed by atoms with E-state index < -0.39 is 12.0 Å².